The van der Waals surface area contributed by atoms with E-state index >= 15 is 0 Å². The highest BCUT2D eigenvalue weighted by Gasteiger charge is 2.19. The molecule has 102 valence electrons. The van der Waals surface area contributed by atoms with Crippen LogP contribution in [0.4, 0.5) is 5.69 Å². The van der Waals surface area contributed by atoms with E-state index in [1.54, 1.807) is 12.4 Å². The van der Waals surface area contributed by atoms with Gasteiger partial charge in [-0.2, -0.15) is 5.26 Å². The lowest BCUT2D eigenvalue weighted by atomic mass is 10.0. The Bertz CT molecular complexity index is 834. The van der Waals surface area contributed by atoms with Gasteiger partial charge in [-0.3, -0.25) is 4.98 Å². The van der Waals surface area contributed by atoms with Gasteiger partial charge in [0.1, 0.15) is 10.9 Å². The summed E-state index contributed by atoms with van der Waals surface area (Å²) in [6, 6.07) is 13.9. The van der Waals surface area contributed by atoms with Gasteiger partial charge < -0.3 is 5.73 Å². The first-order valence-corrected chi connectivity index (χ1v) is 7.81. The SMILES string of the molecule is N#Cc1sc(-c2ccccc2Br)c(-c2ccncc2)c1N. The molecule has 0 saturated carbocycles. The Morgan fingerprint density at radius 1 is 1.14 bits per heavy atom. The molecule has 0 fully saturated rings. The smallest absolute Gasteiger partial charge is 0.129 e. The third-order valence-corrected chi connectivity index (χ3v) is 4.97. The second-order valence-electron chi connectivity index (χ2n) is 4.38. The summed E-state index contributed by atoms with van der Waals surface area (Å²) < 4.78 is 0.978. The van der Waals surface area contributed by atoms with Crippen molar-refractivity contribution in [3.8, 4) is 27.6 Å². The van der Waals surface area contributed by atoms with Crippen molar-refractivity contribution in [3.63, 3.8) is 0 Å². The second kappa shape index (κ2) is 5.68. The first kappa shape index (κ1) is 13.8. The zero-order valence-electron chi connectivity index (χ0n) is 10.9. The van der Waals surface area contributed by atoms with E-state index < -0.39 is 0 Å². The Balaban J connectivity index is 2.32. The normalized spacial score (nSPS) is 10.3. The molecule has 1 aromatic carbocycles. The maximum atomic E-state index is 9.28. The monoisotopic (exact) mass is 355 g/mol. The van der Waals surface area contributed by atoms with Gasteiger partial charge in [0.05, 0.1) is 5.69 Å². The van der Waals surface area contributed by atoms with Gasteiger partial charge in [-0.1, -0.05) is 34.1 Å². The van der Waals surface area contributed by atoms with Gasteiger partial charge in [0, 0.05) is 32.9 Å². The highest BCUT2D eigenvalue weighted by Crippen LogP contribution is 2.46. The summed E-state index contributed by atoms with van der Waals surface area (Å²) in [4.78, 5) is 5.56. The molecular formula is C16H10BrN3S. The van der Waals surface area contributed by atoms with Crippen LogP contribution in [0.1, 0.15) is 4.88 Å². The van der Waals surface area contributed by atoms with Crippen LogP contribution in [0, 0.1) is 11.3 Å². The fourth-order valence-corrected chi connectivity index (χ4v) is 3.86. The number of nitrogens with zero attached hydrogens (tertiary/aromatic N) is 2. The summed E-state index contributed by atoms with van der Waals surface area (Å²) in [5.41, 5.74) is 9.60. The van der Waals surface area contributed by atoms with Crippen molar-refractivity contribution in [2.45, 2.75) is 0 Å². The number of hydrogen-bond donors (Lipinski definition) is 1. The molecule has 3 rings (SSSR count). The maximum absolute atomic E-state index is 9.28. The van der Waals surface area contributed by atoms with E-state index in [9.17, 15) is 5.26 Å². The summed E-state index contributed by atoms with van der Waals surface area (Å²) in [6.07, 6.45) is 3.45. The quantitative estimate of drug-likeness (QED) is 0.724. The van der Waals surface area contributed by atoms with Crippen LogP contribution in [0.2, 0.25) is 0 Å². The van der Waals surface area contributed by atoms with Crippen molar-refractivity contribution in [2.24, 2.45) is 0 Å². The number of rotatable bonds is 2. The molecule has 2 aromatic heterocycles. The zero-order valence-corrected chi connectivity index (χ0v) is 13.3. The molecule has 0 aliphatic carbocycles. The minimum atomic E-state index is 0.527. The maximum Gasteiger partial charge on any atom is 0.129 e. The standard InChI is InChI=1S/C16H10BrN3S/c17-12-4-2-1-3-11(12)16-14(10-5-7-20-8-6-10)15(19)13(9-18)21-16/h1-8H,19H2. The van der Waals surface area contributed by atoms with Crippen molar-refractivity contribution < 1.29 is 0 Å². The highest BCUT2D eigenvalue weighted by atomic mass is 79.9. The molecule has 3 aromatic rings. The van der Waals surface area contributed by atoms with Crippen LogP contribution in [0.3, 0.4) is 0 Å². The van der Waals surface area contributed by atoms with Gasteiger partial charge in [0.15, 0.2) is 0 Å². The summed E-state index contributed by atoms with van der Waals surface area (Å²) in [5, 5.41) is 9.28. The first-order valence-electron chi connectivity index (χ1n) is 6.20. The minimum absolute atomic E-state index is 0.527. The lowest BCUT2D eigenvalue weighted by molar-refractivity contribution is 1.33. The molecule has 5 heteroatoms. The first-order chi connectivity index (χ1) is 10.2. The largest absolute Gasteiger partial charge is 0.396 e. The van der Waals surface area contributed by atoms with Gasteiger partial charge in [0.25, 0.3) is 0 Å². The van der Waals surface area contributed by atoms with E-state index in [-0.39, 0.29) is 0 Å². The summed E-state index contributed by atoms with van der Waals surface area (Å²) >= 11 is 4.98. The van der Waals surface area contributed by atoms with Crippen LogP contribution >= 0.6 is 27.3 Å². The fraction of sp³-hybridized carbons (Fsp3) is 0. The van der Waals surface area contributed by atoms with Crippen molar-refractivity contribution in [3.05, 3.63) is 58.1 Å². The summed E-state index contributed by atoms with van der Waals surface area (Å²) in [7, 11) is 0. The molecule has 0 unspecified atom stereocenters. The lowest BCUT2D eigenvalue weighted by Gasteiger charge is -2.07. The number of benzene rings is 1. The number of anilines is 1. The predicted molar refractivity (Wildman–Crippen MR) is 89.8 cm³/mol. The Labute approximate surface area is 134 Å². The average Bonchev–Trinajstić information content (AvgIpc) is 2.85. The Morgan fingerprint density at radius 3 is 2.52 bits per heavy atom. The van der Waals surface area contributed by atoms with E-state index in [1.165, 1.54) is 11.3 Å². The van der Waals surface area contributed by atoms with Crippen LogP contribution in [-0.2, 0) is 0 Å². The van der Waals surface area contributed by atoms with Gasteiger partial charge in [-0.25, -0.2) is 0 Å². The van der Waals surface area contributed by atoms with Crippen LogP contribution in [0.5, 0.6) is 0 Å². The van der Waals surface area contributed by atoms with E-state index in [0.717, 1.165) is 26.0 Å². The molecule has 21 heavy (non-hydrogen) atoms. The molecule has 0 amide bonds. The van der Waals surface area contributed by atoms with E-state index in [1.807, 2.05) is 36.4 Å². The number of nitrogen functional groups attached to an aromatic ring is 1. The molecule has 0 spiro atoms. The van der Waals surface area contributed by atoms with Crippen molar-refractivity contribution in [1.82, 2.24) is 4.98 Å². The molecule has 0 aliphatic heterocycles. The van der Waals surface area contributed by atoms with Crippen LogP contribution in [-0.4, -0.2) is 4.98 Å². The van der Waals surface area contributed by atoms with Gasteiger partial charge in [-0.15, -0.1) is 11.3 Å². The molecule has 0 saturated heterocycles. The molecule has 2 heterocycles. The number of nitrogens with two attached hydrogens (primary N) is 1. The Hall–Kier alpha value is -2.16. The second-order valence-corrected chi connectivity index (χ2v) is 6.25. The molecule has 0 atom stereocenters. The number of thiophene rings is 1. The number of halogens is 1. The third kappa shape index (κ3) is 2.44. The molecule has 0 radical (unpaired) electrons. The summed E-state index contributed by atoms with van der Waals surface area (Å²) in [5.74, 6) is 0. The molecule has 0 bridgehead atoms. The van der Waals surface area contributed by atoms with Crippen LogP contribution in [0.15, 0.2) is 53.3 Å². The molecule has 3 nitrogen and oxygen atoms in total. The van der Waals surface area contributed by atoms with Gasteiger partial charge in [0.2, 0.25) is 0 Å². The van der Waals surface area contributed by atoms with Gasteiger partial charge >= 0.3 is 0 Å². The number of aromatic nitrogens is 1. The predicted octanol–water partition coefficient (Wildman–Crippen LogP) is 4.69. The van der Waals surface area contributed by atoms with E-state index in [4.69, 9.17) is 5.73 Å². The third-order valence-electron chi connectivity index (χ3n) is 3.13. The van der Waals surface area contributed by atoms with E-state index in [2.05, 4.69) is 27.0 Å². The van der Waals surface area contributed by atoms with Gasteiger partial charge in [-0.05, 0) is 23.8 Å². The van der Waals surface area contributed by atoms with Crippen molar-refractivity contribution in [1.29, 1.82) is 5.26 Å². The van der Waals surface area contributed by atoms with Crippen molar-refractivity contribution >= 4 is 33.0 Å². The zero-order chi connectivity index (χ0) is 14.8. The lowest BCUT2D eigenvalue weighted by Crippen LogP contribution is -1.90. The molecular weight excluding hydrogens is 346 g/mol. The summed E-state index contributed by atoms with van der Waals surface area (Å²) in [6.45, 7) is 0. The van der Waals surface area contributed by atoms with Crippen LogP contribution < -0.4 is 5.73 Å². The molecule has 0 aliphatic rings. The van der Waals surface area contributed by atoms with Crippen LogP contribution in [0.25, 0.3) is 21.6 Å². The van der Waals surface area contributed by atoms with E-state index in [0.29, 0.717) is 10.6 Å². The Morgan fingerprint density at radius 2 is 1.86 bits per heavy atom. The molecule has 2 N–H and O–H groups in total. The highest BCUT2D eigenvalue weighted by molar-refractivity contribution is 9.10. The Kier molecular flexibility index (Phi) is 3.74. The minimum Gasteiger partial charge on any atom is -0.396 e. The topological polar surface area (TPSA) is 62.7 Å². The average molecular weight is 356 g/mol. The fourth-order valence-electron chi connectivity index (χ4n) is 2.17. The number of hydrogen-bond acceptors (Lipinski definition) is 4. The number of pyridine rings is 1. The number of nitriles is 1. The van der Waals surface area contributed by atoms with Crippen molar-refractivity contribution in [2.75, 3.05) is 5.73 Å².